The van der Waals surface area contributed by atoms with E-state index in [9.17, 15) is 0 Å². The number of unbranched alkanes of at least 4 members (excludes halogenated alkanes) is 1. The van der Waals surface area contributed by atoms with E-state index in [1.54, 1.807) is 0 Å². The van der Waals surface area contributed by atoms with Crippen LogP contribution in [0.4, 0.5) is 0 Å². The minimum atomic E-state index is 0.494. The molecule has 0 fully saturated rings. The topological polar surface area (TPSA) is 15.3 Å². The van der Waals surface area contributed by atoms with Gasteiger partial charge in [0, 0.05) is 12.1 Å². The monoisotopic (exact) mass is 232 g/mol. The zero-order valence-corrected chi connectivity index (χ0v) is 11.2. The van der Waals surface area contributed by atoms with Gasteiger partial charge < -0.3 is 10.2 Å². The van der Waals surface area contributed by atoms with E-state index in [0.717, 1.165) is 0 Å². The Kier molecular flexibility index (Phi) is 4.19. The maximum absolute atomic E-state index is 3.49. The summed E-state index contributed by atoms with van der Waals surface area (Å²) < 4.78 is 0. The minimum Gasteiger partial charge on any atom is -0.312 e. The van der Waals surface area contributed by atoms with Crippen LogP contribution >= 0.6 is 0 Å². The Balaban J connectivity index is 2.11. The summed E-state index contributed by atoms with van der Waals surface area (Å²) in [4.78, 5) is 2.52. The maximum atomic E-state index is 3.49. The highest BCUT2D eigenvalue weighted by atomic mass is 15.2. The van der Waals surface area contributed by atoms with E-state index in [0.29, 0.717) is 12.1 Å². The van der Waals surface area contributed by atoms with E-state index >= 15 is 0 Å². The van der Waals surface area contributed by atoms with Crippen LogP contribution in [0, 0.1) is 0 Å². The molecule has 0 aromatic heterocycles. The van der Waals surface area contributed by atoms with Gasteiger partial charge in [0.25, 0.3) is 0 Å². The molecule has 2 nitrogen and oxygen atoms in total. The fourth-order valence-electron chi connectivity index (χ4n) is 2.91. The molecule has 1 aliphatic carbocycles. The van der Waals surface area contributed by atoms with Gasteiger partial charge in [0.1, 0.15) is 0 Å². The maximum Gasteiger partial charge on any atom is 0.0481 e. The van der Waals surface area contributed by atoms with Gasteiger partial charge >= 0.3 is 0 Å². The molecule has 17 heavy (non-hydrogen) atoms. The molecule has 0 bridgehead atoms. The number of nitrogens with one attached hydrogen (secondary N) is 1. The number of benzene rings is 1. The highest BCUT2D eigenvalue weighted by molar-refractivity contribution is 5.37. The highest BCUT2D eigenvalue weighted by Crippen LogP contribution is 2.33. The van der Waals surface area contributed by atoms with Gasteiger partial charge in [-0.05, 0) is 44.6 Å². The van der Waals surface area contributed by atoms with Crippen LogP contribution in [0.3, 0.4) is 0 Å². The van der Waals surface area contributed by atoms with Crippen LogP contribution in [-0.4, -0.2) is 31.6 Å². The van der Waals surface area contributed by atoms with E-state index in [2.05, 4.69) is 55.5 Å². The summed E-state index contributed by atoms with van der Waals surface area (Å²) in [6.45, 7) is 3.46. The molecule has 2 rings (SSSR count). The molecule has 1 aromatic carbocycles. The minimum absolute atomic E-state index is 0.494. The number of hydrogen-bond acceptors (Lipinski definition) is 2. The quantitative estimate of drug-likeness (QED) is 0.839. The predicted octanol–water partition coefficient (Wildman–Crippen LogP) is 2.60. The Hall–Kier alpha value is -0.860. The zero-order chi connectivity index (χ0) is 12.3. The lowest BCUT2D eigenvalue weighted by Crippen LogP contribution is -2.40. The van der Waals surface area contributed by atoms with E-state index in [1.807, 2.05) is 0 Å². The number of nitrogens with zero attached hydrogens (tertiary/aromatic N) is 1. The van der Waals surface area contributed by atoms with Crippen LogP contribution in [0.1, 0.15) is 36.9 Å². The van der Waals surface area contributed by atoms with Crippen molar-refractivity contribution in [1.29, 1.82) is 0 Å². The summed E-state index contributed by atoms with van der Waals surface area (Å²) in [6.07, 6.45) is 3.75. The zero-order valence-electron chi connectivity index (χ0n) is 11.2. The third-order valence-electron chi connectivity index (χ3n) is 3.95. The summed E-state index contributed by atoms with van der Waals surface area (Å²) in [5.74, 6) is 0. The number of rotatable bonds is 5. The lowest BCUT2D eigenvalue weighted by atomic mass is 10.1. The molecule has 0 spiro atoms. The number of hydrogen-bond donors (Lipinski definition) is 1. The molecule has 0 heterocycles. The number of likely N-dealkylation sites (N-methyl/N-ethyl adjacent to an activating group) is 2. The number of fused-ring (bicyclic) bond motifs is 1. The first-order valence-electron chi connectivity index (χ1n) is 6.73. The van der Waals surface area contributed by atoms with Gasteiger partial charge in [-0.25, -0.2) is 0 Å². The van der Waals surface area contributed by atoms with Gasteiger partial charge in [-0.1, -0.05) is 37.6 Å². The third-order valence-corrected chi connectivity index (χ3v) is 3.95. The van der Waals surface area contributed by atoms with Crippen molar-refractivity contribution in [3.05, 3.63) is 35.4 Å². The molecule has 0 radical (unpaired) electrons. The molecule has 1 N–H and O–H groups in total. The Labute approximate surface area is 105 Å². The average Bonchev–Trinajstić information content (AvgIpc) is 2.74. The van der Waals surface area contributed by atoms with E-state index < -0.39 is 0 Å². The molecular weight excluding hydrogens is 208 g/mol. The van der Waals surface area contributed by atoms with E-state index in [-0.39, 0.29) is 0 Å². The fraction of sp³-hybridized carbons (Fsp3) is 0.600. The van der Waals surface area contributed by atoms with Crippen molar-refractivity contribution in [2.24, 2.45) is 0 Å². The van der Waals surface area contributed by atoms with Crippen LogP contribution in [0.15, 0.2) is 24.3 Å². The average molecular weight is 232 g/mol. The van der Waals surface area contributed by atoms with Crippen molar-refractivity contribution in [2.75, 3.05) is 20.6 Å². The molecule has 2 heteroatoms. The standard InChI is InChI=1S/C15H24N2/c1-4-5-10-17(3)14-11-12-8-6-7-9-13(12)15(14)16-2/h6-9,14-16H,4-5,10-11H2,1-3H3. The first-order valence-corrected chi connectivity index (χ1v) is 6.73. The second kappa shape index (κ2) is 5.65. The van der Waals surface area contributed by atoms with Gasteiger partial charge in [-0.15, -0.1) is 0 Å². The summed E-state index contributed by atoms with van der Waals surface area (Å²) in [5.41, 5.74) is 3.00. The van der Waals surface area contributed by atoms with Crippen molar-refractivity contribution < 1.29 is 0 Å². The van der Waals surface area contributed by atoms with Crippen molar-refractivity contribution in [2.45, 2.75) is 38.3 Å². The van der Waals surface area contributed by atoms with Gasteiger partial charge in [0.15, 0.2) is 0 Å². The van der Waals surface area contributed by atoms with Crippen LogP contribution in [0.2, 0.25) is 0 Å². The van der Waals surface area contributed by atoms with Crippen molar-refractivity contribution in [3.63, 3.8) is 0 Å². The lowest BCUT2D eigenvalue weighted by molar-refractivity contribution is 0.206. The fourth-order valence-corrected chi connectivity index (χ4v) is 2.91. The van der Waals surface area contributed by atoms with Crippen LogP contribution in [-0.2, 0) is 6.42 Å². The first kappa shape index (κ1) is 12.6. The molecule has 1 aromatic rings. The third kappa shape index (κ3) is 2.53. The van der Waals surface area contributed by atoms with E-state index in [1.165, 1.54) is 36.9 Å². The molecule has 2 unspecified atom stereocenters. The normalized spacial score (nSPS) is 23.1. The lowest BCUT2D eigenvalue weighted by Gasteiger charge is -2.29. The largest absolute Gasteiger partial charge is 0.312 e. The molecule has 94 valence electrons. The second-order valence-corrected chi connectivity index (χ2v) is 5.07. The Morgan fingerprint density at radius 1 is 1.35 bits per heavy atom. The molecule has 2 atom stereocenters. The second-order valence-electron chi connectivity index (χ2n) is 5.07. The summed E-state index contributed by atoms with van der Waals surface area (Å²) >= 11 is 0. The summed E-state index contributed by atoms with van der Waals surface area (Å²) in [7, 11) is 4.34. The van der Waals surface area contributed by atoms with Gasteiger partial charge in [0.05, 0.1) is 0 Å². The summed E-state index contributed by atoms with van der Waals surface area (Å²) in [5, 5.41) is 3.49. The van der Waals surface area contributed by atoms with Gasteiger partial charge in [0.2, 0.25) is 0 Å². The van der Waals surface area contributed by atoms with Gasteiger partial charge in [-0.3, -0.25) is 0 Å². The van der Waals surface area contributed by atoms with Gasteiger partial charge in [-0.2, -0.15) is 0 Å². The van der Waals surface area contributed by atoms with Crippen molar-refractivity contribution in [3.8, 4) is 0 Å². The molecular formula is C15H24N2. The first-order chi connectivity index (χ1) is 8.27. The predicted molar refractivity (Wildman–Crippen MR) is 73.3 cm³/mol. The van der Waals surface area contributed by atoms with Crippen molar-refractivity contribution in [1.82, 2.24) is 10.2 Å². The van der Waals surface area contributed by atoms with Crippen molar-refractivity contribution >= 4 is 0 Å². The summed E-state index contributed by atoms with van der Waals surface area (Å²) in [6, 6.07) is 9.95. The van der Waals surface area contributed by atoms with Crippen LogP contribution in [0.25, 0.3) is 0 Å². The SMILES string of the molecule is CCCCN(C)C1Cc2ccccc2C1NC. The van der Waals surface area contributed by atoms with E-state index in [4.69, 9.17) is 0 Å². The van der Waals surface area contributed by atoms with Crippen LogP contribution in [0.5, 0.6) is 0 Å². The highest BCUT2D eigenvalue weighted by Gasteiger charge is 2.33. The molecule has 0 amide bonds. The molecule has 0 saturated heterocycles. The molecule has 1 aliphatic rings. The van der Waals surface area contributed by atoms with Crippen LogP contribution < -0.4 is 5.32 Å². The molecule has 0 saturated carbocycles. The Bertz CT molecular complexity index is 362. The Morgan fingerprint density at radius 2 is 2.12 bits per heavy atom. The molecule has 0 aliphatic heterocycles. The smallest absolute Gasteiger partial charge is 0.0481 e. The Morgan fingerprint density at radius 3 is 2.82 bits per heavy atom.